The fraction of sp³-hybridized carbons (Fsp3) is 0.524. The lowest BCUT2D eigenvalue weighted by molar-refractivity contribution is -0.128. The predicted molar refractivity (Wildman–Crippen MR) is 101 cm³/mol. The minimum atomic E-state index is -0.250. The van der Waals surface area contributed by atoms with Crippen LogP contribution in [-0.2, 0) is 16.1 Å². The molecule has 0 aliphatic heterocycles. The first kappa shape index (κ1) is 20.9. The summed E-state index contributed by atoms with van der Waals surface area (Å²) in [6.07, 6.45) is 9.85. The van der Waals surface area contributed by atoms with E-state index in [-0.39, 0.29) is 12.4 Å². The maximum Gasteiger partial charge on any atom is 0.290 e. The molecule has 0 aromatic heterocycles. The highest BCUT2D eigenvalue weighted by molar-refractivity contribution is 5.93. The topological polar surface area (TPSA) is 57.6 Å². The van der Waals surface area contributed by atoms with E-state index in [1.54, 1.807) is 0 Å². The summed E-state index contributed by atoms with van der Waals surface area (Å²) in [5.41, 5.74) is 2.26. The van der Waals surface area contributed by atoms with Gasteiger partial charge in [0.25, 0.3) is 6.47 Å². The lowest BCUT2D eigenvalue weighted by Crippen LogP contribution is -2.33. The number of allylic oxidation sites excluding steroid dienone is 1. The second-order valence-corrected chi connectivity index (χ2v) is 6.35. The highest BCUT2D eigenvalue weighted by Gasteiger charge is 2.33. The van der Waals surface area contributed by atoms with Crippen LogP contribution < -0.4 is 0 Å². The molecule has 0 heterocycles. The van der Waals surface area contributed by atoms with Crippen molar-refractivity contribution in [3.8, 4) is 0 Å². The Hall–Kier alpha value is -2.10. The first-order valence-corrected chi connectivity index (χ1v) is 9.29. The van der Waals surface area contributed by atoms with Crippen molar-refractivity contribution in [2.75, 3.05) is 0 Å². The van der Waals surface area contributed by atoms with Crippen LogP contribution in [0, 0.1) is 0 Å². The van der Waals surface area contributed by atoms with Crippen LogP contribution >= 0.6 is 0 Å². The van der Waals surface area contributed by atoms with Gasteiger partial charge in [0.15, 0.2) is 0 Å². The van der Waals surface area contributed by atoms with Crippen LogP contribution in [0.2, 0.25) is 0 Å². The highest BCUT2D eigenvalue weighted by atomic mass is 16.3. The van der Waals surface area contributed by atoms with E-state index in [1.807, 2.05) is 6.07 Å². The van der Waals surface area contributed by atoms with Crippen LogP contribution in [0.4, 0.5) is 0 Å². The molecule has 1 fully saturated rings. The van der Waals surface area contributed by atoms with Crippen LogP contribution in [0.3, 0.4) is 0 Å². The molecular formula is C21H31NO3. The van der Waals surface area contributed by atoms with Gasteiger partial charge in [-0.3, -0.25) is 9.59 Å². The van der Waals surface area contributed by atoms with Crippen molar-refractivity contribution in [1.82, 2.24) is 4.90 Å². The highest BCUT2D eigenvalue weighted by Crippen LogP contribution is 2.30. The molecule has 1 aliphatic carbocycles. The number of unbranched alkanes of at least 4 members (excludes halogenated alkanes) is 2. The summed E-state index contributed by atoms with van der Waals surface area (Å²) in [6, 6.07) is 10.8. The van der Waals surface area contributed by atoms with Crippen LogP contribution in [0.5, 0.6) is 0 Å². The van der Waals surface area contributed by atoms with Gasteiger partial charge in [0.05, 0.1) is 0 Å². The summed E-state index contributed by atoms with van der Waals surface area (Å²) in [6.45, 7) is 4.82. The molecule has 0 bridgehead atoms. The molecule has 4 heteroatoms. The van der Waals surface area contributed by atoms with Crippen molar-refractivity contribution < 1.29 is 14.7 Å². The summed E-state index contributed by atoms with van der Waals surface area (Å²) in [5.74, 6) is 0.268. The average Bonchev–Trinajstić information content (AvgIpc) is 3.45. The van der Waals surface area contributed by atoms with Crippen LogP contribution in [0.15, 0.2) is 42.0 Å². The lowest BCUT2D eigenvalue weighted by atomic mass is 10.0. The zero-order chi connectivity index (χ0) is 18.5. The van der Waals surface area contributed by atoms with Crippen molar-refractivity contribution in [3.63, 3.8) is 0 Å². The van der Waals surface area contributed by atoms with Crippen LogP contribution in [-0.4, -0.2) is 28.4 Å². The molecule has 1 aliphatic rings. The summed E-state index contributed by atoms with van der Waals surface area (Å²) in [4.78, 5) is 23.4. The number of amides is 1. The predicted octanol–water partition coefficient (Wildman–Crippen LogP) is 4.80. The average molecular weight is 345 g/mol. The monoisotopic (exact) mass is 345 g/mol. The third-order valence-electron chi connectivity index (χ3n) is 4.22. The molecule has 2 rings (SSSR count). The molecule has 25 heavy (non-hydrogen) atoms. The van der Waals surface area contributed by atoms with Crippen LogP contribution in [0.1, 0.15) is 64.4 Å². The molecule has 1 amide bonds. The second-order valence-electron chi connectivity index (χ2n) is 6.35. The molecule has 4 nitrogen and oxygen atoms in total. The second kappa shape index (κ2) is 12.3. The molecule has 0 unspecified atom stereocenters. The number of carbonyl (C=O) groups is 2. The van der Waals surface area contributed by atoms with Crippen LogP contribution in [0.25, 0.3) is 0 Å². The van der Waals surface area contributed by atoms with Crippen molar-refractivity contribution >= 4 is 12.4 Å². The SMILES string of the molecule is CCC=C(CCCCC)C(=O)N(Cc1ccccc1)C1CC1.O=CO. The van der Waals surface area contributed by atoms with Gasteiger partial charge in [0, 0.05) is 18.2 Å². The Morgan fingerprint density at radius 3 is 2.36 bits per heavy atom. The molecule has 1 aromatic rings. The van der Waals surface area contributed by atoms with E-state index < -0.39 is 0 Å². The number of carbonyl (C=O) groups excluding carboxylic acids is 1. The van der Waals surface area contributed by atoms with Crippen molar-refractivity contribution in [2.24, 2.45) is 0 Å². The molecule has 138 valence electrons. The molecule has 1 N–H and O–H groups in total. The number of benzene rings is 1. The largest absolute Gasteiger partial charge is 0.483 e. The number of hydrogen-bond acceptors (Lipinski definition) is 2. The number of rotatable bonds is 9. The Kier molecular flexibility index (Phi) is 10.3. The zero-order valence-corrected chi connectivity index (χ0v) is 15.5. The maximum absolute atomic E-state index is 13.0. The van der Waals surface area contributed by atoms with E-state index in [9.17, 15) is 4.79 Å². The fourth-order valence-corrected chi connectivity index (χ4v) is 2.83. The summed E-state index contributed by atoms with van der Waals surface area (Å²) >= 11 is 0. The van der Waals surface area contributed by atoms with E-state index in [1.165, 1.54) is 18.4 Å². The van der Waals surface area contributed by atoms with E-state index in [0.29, 0.717) is 6.04 Å². The molecular weight excluding hydrogens is 314 g/mol. The smallest absolute Gasteiger partial charge is 0.290 e. The summed E-state index contributed by atoms with van der Waals surface area (Å²) in [7, 11) is 0. The van der Waals surface area contributed by atoms with Gasteiger partial charge in [-0.15, -0.1) is 0 Å². The van der Waals surface area contributed by atoms with Crippen molar-refractivity contribution in [2.45, 2.75) is 71.4 Å². The number of nitrogens with zero attached hydrogens (tertiary/aromatic N) is 1. The molecule has 0 radical (unpaired) electrons. The number of hydrogen-bond donors (Lipinski definition) is 1. The summed E-state index contributed by atoms with van der Waals surface area (Å²) in [5, 5.41) is 6.89. The van der Waals surface area contributed by atoms with Crippen molar-refractivity contribution in [3.05, 3.63) is 47.5 Å². The van der Waals surface area contributed by atoms with Gasteiger partial charge in [-0.05, 0) is 37.7 Å². The molecule has 0 atom stereocenters. The van der Waals surface area contributed by atoms with Gasteiger partial charge in [-0.25, -0.2) is 0 Å². The van der Waals surface area contributed by atoms with Gasteiger partial charge in [0.2, 0.25) is 5.91 Å². The Balaban J connectivity index is 0.000000970. The minimum Gasteiger partial charge on any atom is -0.483 e. The van der Waals surface area contributed by atoms with E-state index in [2.05, 4.69) is 49.1 Å². The Labute approximate surface area is 151 Å². The standard InChI is InChI=1S/C20H29NO.CH2O2/c1-3-5-7-13-18(10-4-2)20(22)21(19-14-15-19)16-17-11-8-6-9-12-17;2-1-3/h6,8-12,19H,3-5,7,13-16H2,1-2H3;1H,(H,2,3). The zero-order valence-electron chi connectivity index (χ0n) is 15.5. The van der Waals surface area contributed by atoms with Gasteiger partial charge < -0.3 is 10.0 Å². The van der Waals surface area contributed by atoms with Gasteiger partial charge in [-0.2, -0.15) is 0 Å². The lowest BCUT2D eigenvalue weighted by Gasteiger charge is -2.24. The summed E-state index contributed by atoms with van der Waals surface area (Å²) < 4.78 is 0. The minimum absolute atomic E-state index is 0.250. The maximum atomic E-state index is 13.0. The Morgan fingerprint density at radius 2 is 1.84 bits per heavy atom. The molecule has 1 aromatic carbocycles. The molecule has 1 saturated carbocycles. The van der Waals surface area contributed by atoms with Gasteiger partial charge in [0.1, 0.15) is 0 Å². The normalized spacial score (nSPS) is 13.6. The Morgan fingerprint density at radius 1 is 1.20 bits per heavy atom. The van der Waals surface area contributed by atoms with E-state index in [0.717, 1.165) is 44.2 Å². The van der Waals surface area contributed by atoms with E-state index in [4.69, 9.17) is 9.90 Å². The third kappa shape index (κ3) is 8.01. The first-order valence-electron chi connectivity index (χ1n) is 9.29. The molecule has 0 saturated heterocycles. The molecule has 0 spiro atoms. The van der Waals surface area contributed by atoms with Gasteiger partial charge >= 0.3 is 0 Å². The number of carboxylic acid groups (broad SMARTS) is 1. The van der Waals surface area contributed by atoms with Gasteiger partial charge in [-0.1, -0.05) is 63.1 Å². The fourth-order valence-electron chi connectivity index (χ4n) is 2.83. The third-order valence-corrected chi connectivity index (χ3v) is 4.22. The quantitative estimate of drug-likeness (QED) is 0.397. The Bertz CT molecular complexity index is 535. The van der Waals surface area contributed by atoms with E-state index >= 15 is 0 Å². The van der Waals surface area contributed by atoms with Crippen molar-refractivity contribution in [1.29, 1.82) is 0 Å². The first-order chi connectivity index (χ1) is 12.2.